The van der Waals surface area contributed by atoms with Crippen LogP contribution in [0.3, 0.4) is 0 Å². The van der Waals surface area contributed by atoms with Gasteiger partial charge in [0.05, 0.1) is 12.0 Å². The van der Waals surface area contributed by atoms with Crippen molar-refractivity contribution in [3.8, 4) is 5.75 Å². The molecule has 0 radical (unpaired) electrons. The van der Waals surface area contributed by atoms with Crippen molar-refractivity contribution in [3.63, 3.8) is 0 Å². The van der Waals surface area contributed by atoms with E-state index in [9.17, 15) is 9.59 Å². The molecule has 0 amide bonds. The summed E-state index contributed by atoms with van der Waals surface area (Å²) >= 11 is 0. The average molecular weight is 347 g/mol. The Morgan fingerprint density at radius 2 is 1.92 bits per heavy atom. The van der Waals surface area contributed by atoms with Crippen molar-refractivity contribution in [2.75, 3.05) is 0 Å². The van der Waals surface area contributed by atoms with E-state index in [1.54, 1.807) is 53.2 Å². The van der Waals surface area contributed by atoms with E-state index in [4.69, 9.17) is 9.15 Å². The smallest absolute Gasteiger partial charge is 0.255 e. The van der Waals surface area contributed by atoms with Crippen LogP contribution in [0.2, 0.25) is 0 Å². The van der Waals surface area contributed by atoms with Gasteiger partial charge < -0.3 is 9.15 Å². The summed E-state index contributed by atoms with van der Waals surface area (Å²) in [5.41, 5.74) is 1.12. The summed E-state index contributed by atoms with van der Waals surface area (Å²) in [7, 11) is 0. The third-order valence-corrected chi connectivity index (χ3v) is 4.20. The summed E-state index contributed by atoms with van der Waals surface area (Å²) in [6.45, 7) is 3.84. The van der Waals surface area contributed by atoms with Crippen LogP contribution in [0.5, 0.6) is 5.75 Å². The molecule has 4 rings (SSSR count). The van der Waals surface area contributed by atoms with E-state index in [0.29, 0.717) is 22.6 Å². The second-order valence-corrected chi connectivity index (χ2v) is 6.66. The number of hydrogen-bond acceptors (Lipinski definition) is 4. The quantitative estimate of drug-likeness (QED) is 0.677. The zero-order valence-corrected chi connectivity index (χ0v) is 14.4. The zero-order chi connectivity index (χ0) is 18.3. The lowest BCUT2D eigenvalue weighted by molar-refractivity contribution is 0.101. The molecule has 0 spiro atoms. The largest absolute Gasteiger partial charge is 0.483 e. The Bertz CT molecular complexity index is 1070. The van der Waals surface area contributed by atoms with Gasteiger partial charge in [0, 0.05) is 23.4 Å². The Hall–Kier alpha value is -3.34. The number of rotatable bonds is 3. The van der Waals surface area contributed by atoms with Gasteiger partial charge in [0.15, 0.2) is 5.76 Å². The molecule has 0 saturated carbocycles. The maximum atomic E-state index is 12.6. The minimum Gasteiger partial charge on any atom is -0.483 e. The van der Waals surface area contributed by atoms with Crippen LogP contribution in [0.4, 0.5) is 0 Å². The molecule has 0 aliphatic carbocycles. The zero-order valence-electron chi connectivity index (χ0n) is 14.4. The fraction of sp³-hybridized carbons (Fsp3) is 0.143. The van der Waals surface area contributed by atoms with Gasteiger partial charge >= 0.3 is 0 Å². The van der Waals surface area contributed by atoms with E-state index < -0.39 is 5.60 Å². The van der Waals surface area contributed by atoms with Gasteiger partial charge in [-0.2, -0.15) is 0 Å². The van der Waals surface area contributed by atoms with Crippen LogP contribution in [0.1, 0.15) is 35.5 Å². The van der Waals surface area contributed by atoms with Crippen LogP contribution in [0, 0.1) is 0 Å². The summed E-state index contributed by atoms with van der Waals surface area (Å²) in [5, 5.41) is 0. The van der Waals surface area contributed by atoms with Gasteiger partial charge in [0.1, 0.15) is 11.4 Å². The van der Waals surface area contributed by atoms with Gasteiger partial charge in [-0.1, -0.05) is 6.07 Å². The standard InChI is InChI=1S/C21H17NO4/c1-21(2)13-16(22-10-4-3-7-19(22)23)15-12-14(8-9-17(15)26-21)20(24)18-6-5-11-25-18/h3-13H,1-2H3. The number of carbonyl (C=O) groups is 1. The fourth-order valence-corrected chi connectivity index (χ4v) is 3.06. The Kier molecular flexibility index (Phi) is 3.65. The summed E-state index contributed by atoms with van der Waals surface area (Å²) in [4.78, 5) is 25.0. The Labute approximate surface area is 150 Å². The van der Waals surface area contributed by atoms with Gasteiger partial charge in [-0.25, -0.2) is 0 Å². The molecule has 3 aromatic rings. The Balaban J connectivity index is 1.88. The molecule has 0 bridgehead atoms. The van der Waals surface area contributed by atoms with Crippen molar-refractivity contribution in [3.05, 3.63) is 94.3 Å². The van der Waals surface area contributed by atoms with Crippen LogP contribution in [0.25, 0.3) is 5.70 Å². The van der Waals surface area contributed by atoms with Gasteiger partial charge in [0.25, 0.3) is 5.56 Å². The van der Waals surface area contributed by atoms with Crippen LogP contribution >= 0.6 is 0 Å². The van der Waals surface area contributed by atoms with Crippen LogP contribution < -0.4 is 10.3 Å². The molecular weight excluding hydrogens is 330 g/mol. The van der Waals surface area contributed by atoms with E-state index in [2.05, 4.69) is 0 Å². The van der Waals surface area contributed by atoms with Gasteiger partial charge in [-0.3, -0.25) is 14.2 Å². The predicted octanol–water partition coefficient (Wildman–Crippen LogP) is 3.73. The lowest BCUT2D eigenvalue weighted by Gasteiger charge is -2.31. The first-order valence-electron chi connectivity index (χ1n) is 8.27. The van der Waals surface area contributed by atoms with Gasteiger partial charge in [-0.05, 0) is 56.3 Å². The van der Waals surface area contributed by atoms with Crippen molar-refractivity contribution >= 4 is 11.5 Å². The van der Waals surface area contributed by atoms with E-state index in [-0.39, 0.29) is 17.1 Å². The minimum absolute atomic E-state index is 0.148. The highest BCUT2D eigenvalue weighted by atomic mass is 16.5. The van der Waals surface area contributed by atoms with E-state index in [1.807, 2.05) is 19.9 Å². The molecule has 26 heavy (non-hydrogen) atoms. The fourth-order valence-electron chi connectivity index (χ4n) is 3.06. The molecule has 5 heteroatoms. The predicted molar refractivity (Wildman–Crippen MR) is 97.4 cm³/mol. The van der Waals surface area contributed by atoms with Crippen LogP contribution in [-0.2, 0) is 0 Å². The molecule has 0 fully saturated rings. The molecular formula is C21H17NO4. The topological polar surface area (TPSA) is 61.4 Å². The Morgan fingerprint density at radius 1 is 1.08 bits per heavy atom. The molecule has 5 nitrogen and oxygen atoms in total. The Morgan fingerprint density at radius 3 is 2.65 bits per heavy atom. The number of hydrogen-bond donors (Lipinski definition) is 0. The molecule has 130 valence electrons. The summed E-state index contributed by atoms with van der Waals surface area (Å²) in [6.07, 6.45) is 5.06. The number of fused-ring (bicyclic) bond motifs is 1. The van der Waals surface area contributed by atoms with Crippen molar-refractivity contribution in [2.45, 2.75) is 19.4 Å². The molecule has 0 atom stereocenters. The number of aromatic nitrogens is 1. The first-order chi connectivity index (χ1) is 12.4. The number of furan rings is 1. The summed E-state index contributed by atoms with van der Waals surface area (Å²) in [5.74, 6) is 0.672. The number of nitrogens with zero attached hydrogens (tertiary/aromatic N) is 1. The lowest BCUT2D eigenvalue weighted by Crippen LogP contribution is -2.32. The maximum Gasteiger partial charge on any atom is 0.255 e. The third-order valence-electron chi connectivity index (χ3n) is 4.20. The molecule has 0 N–H and O–H groups in total. The lowest BCUT2D eigenvalue weighted by atomic mass is 9.96. The average Bonchev–Trinajstić information content (AvgIpc) is 3.14. The van der Waals surface area contributed by atoms with Crippen molar-refractivity contribution in [1.29, 1.82) is 0 Å². The minimum atomic E-state index is -0.579. The summed E-state index contributed by atoms with van der Waals surface area (Å²) < 4.78 is 12.8. The number of pyridine rings is 1. The first kappa shape index (κ1) is 16.1. The van der Waals surface area contributed by atoms with E-state index in [0.717, 1.165) is 0 Å². The van der Waals surface area contributed by atoms with E-state index >= 15 is 0 Å². The molecule has 3 heterocycles. The van der Waals surface area contributed by atoms with Gasteiger partial charge in [-0.15, -0.1) is 0 Å². The van der Waals surface area contributed by atoms with Crippen molar-refractivity contribution < 1.29 is 13.9 Å². The second-order valence-electron chi connectivity index (χ2n) is 6.66. The maximum absolute atomic E-state index is 12.6. The van der Waals surface area contributed by atoms with Crippen LogP contribution in [0.15, 0.2) is 76.3 Å². The second kappa shape index (κ2) is 5.88. The SMILES string of the molecule is CC1(C)C=C(n2ccccc2=O)c2cc(C(=O)c3ccco3)ccc2O1. The highest BCUT2D eigenvalue weighted by Crippen LogP contribution is 2.37. The molecule has 0 unspecified atom stereocenters. The van der Waals surface area contributed by atoms with Crippen molar-refractivity contribution in [2.24, 2.45) is 0 Å². The number of ketones is 1. The molecule has 2 aromatic heterocycles. The highest BCUT2D eigenvalue weighted by Gasteiger charge is 2.28. The molecule has 1 aliphatic rings. The number of ether oxygens (including phenoxy) is 1. The molecule has 0 saturated heterocycles. The summed E-state index contributed by atoms with van der Waals surface area (Å²) in [6, 6.07) is 13.5. The monoisotopic (exact) mass is 347 g/mol. The third kappa shape index (κ3) is 2.77. The molecule has 1 aliphatic heterocycles. The molecule has 1 aromatic carbocycles. The first-order valence-corrected chi connectivity index (χ1v) is 8.27. The number of carbonyl (C=O) groups excluding carboxylic acids is 1. The normalized spacial score (nSPS) is 14.9. The van der Waals surface area contributed by atoms with E-state index in [1.165, 1.54) is 12.3 Å². The van der Waals surface area contributed by atoms with Crippen LogP contribution in [-0.4, -0.2) is 16.0 Å². The van der Waals surface area contributed by atoms with Crippen molar-refractivity contribution in [1.82, 2.24) is 4.57 Å². The highest BCUT2D eigenvalue weighted by molar-refractivity contribution is 6.07. The number of benzene rings is 1. The van der Waals surface area contributed by atoms with Gasteiger partial charge in [0.2, 0.25) is 5.78 Å².